The van der Waals surface area contributed by atoms with Crippen molar-refractivity contribution in [2.24, 2.45) is 0 Å². The molecule has 0 amide bonds. The lowest BCUT2D eigenvalue weighted by Crippen LogP contribution is -2.13. The predicted molar refractivity (Wildman–Crippen MR) is 105 cm³/mol. The van der Waals surface area contributed by atoms with E-state index in [1.807, 2.05) is 26.8 Å². The molecular weight excluding hydrogens is 356 g/mol. The smallest absolute Gasteiger partial charge is 0.386 e. The molecule has 0 heterocycles. The number of aryl methyl sites for hydroxylation is 3. The topological polar surface area (TPSA) is 72.8 Å². The number of carbonyl (C=O) groups excluding carboxylic acids is 2. The first kappa shape index (κ1) is 19.2. The fraction of sp³-hybridized carbons (Fsp3) is 0.130. The molecule has 0 aromatic heterocycles. The van der Waals surface area contributed by atoms with Crippen LogP contribution in [0.5, 0.6) is 5.75 Å². The van der Waals surface area contributed by atoms with Crippen LogP contribution in [0.3, 0.4) is 0 Å². The maximum Gasteiger partial charge on any atom is 0.386 e. The van der Waals surface area contributed by atoms with Gasteiger partial charge in [0, 0.05) is 11.1 Å². The van der Waals surface area contributed by atoms with Crippen molar-refractivity contribution in [3.63, 3.8) is 0 Å². The standard InChI is InChI=1S/C23H20O5/c1-14-5-4-6-17(11-14)22(25)27-28-23(26)18-9-7-15(2)12-19(18)20-13-16(3)8-10-21(20)24/h4-13,24H,1-3H3. The molecule has 1 N–H and O–H groups in total. The van der Waals surface area contributed by atoms with E-state index in [1.54, 1.807) is 54.6 Å². The maximum atomic E-state index is 12.6. The van der Waals surface area contributed by atoms with Gasteiger partial charge in [-0.25, -0.2) is 19.4 Å². The summed E-state index contributed by atoms with van der Waals surface area (Å²) < 4.78 is 0. The van der Waals surface area contributed by atoms with Gasteiger partial charge < -0.3 is 5.11 Å². The van der Waals surface area contributed by atoms with Crippen molar-refractivity contribution in [3.8, 4) is 16.9 Å². The van der Waals surface area contributed by atoms with Crippen molar-refractivity contribution in [1.29, 1.82) is 0 Å². The Bertz CT molecular complexity index is 1050. The molecular formula is C23H20O5. The summed E-state index contributed by atoms with van der Waals surface area (Å²) in [5.74, 6) is -1.54. The Morgan fingerprint density at radius 1 is 0.714 bits per heavy atom. The van der Waals surface area contributed by atoms with Gasteiger partial charge in [-0.2, -0.15) is 0 Å². The van der Waals surface area contributed by atoms with Crippen LogP contribution in [0.25, 0.3) is 11.1 Å². The van der Waals surface area contributed by atoms with Crippen molar-refractivity contribution in [3.05, 3.63) is 88.5 Å². The monoisotopic (exact) mass is 376 g/mol. The lowest BCUT2D eigenvalue weighted by atomic mass is 9.95. The van der Waals surface area contributed by atoms with E-state index in [4.69, 9.17) is 9.78 Å². The molecule has 0 unspecified atom stereocenters. The summed E-state index contributed by atoms with van der Waals surface area (Å²) in [5, 5.41) is 10.2. The van der Waals surface area contributed by atoms with Gasteiger partial charge >= 0.3 is 11.9 Å². The summed E-state index contributed by atoms with van der Waals surface area (Å²) in [6.07, 6.45) is 0. The molecule has 142 valence electrons. The van der Waals surface area contributed by atoms with E-state index in [1.165, 1.54) is 0 Å². The van der Waals surface area contributed by atoms with Gasteiger partial charge in [-0.3, -0.25) is 0 Å². The molecule has 0 atom stereocenters. The summed E-state index contributed by atoms with van der Waals surface area (Å²) >= 11 is 0. The Morgan fingerprint density at radius 3 is 2.04 bits per heavy atom. The molecule has 3 aromatic rings. The Kier molecular flexibility index (Phi) is 5.45. The Hall–Kier alpha value is -3.60. The van der Waals surface area contributed by atoms with E-state index in [0.29, 0.717) is 11.1 Å². The molecule has 0 fully saturated rings. The van der Waals surface area contributed by atoms with Crippen LogP contribution in [0.4, 0.5) is 0 Å². The van der Waals surface area contributed by atoms with Gasteiger partial charge in [-0.05, 0) is 51.1 Å². The molecule has 0 bridgehead atoms. The molecule has 0 aliphatic heterocycles. The van der Waals surface area contributed by atoms with E-state index >= 15 is 0 Å². The molecule has 3 rings (SSSR count). The summed E-state index contributed by atoms with van der Waals surface area (Å²) in [6, 6.07) is 17.0. The van der Waals surface area contributed by atoms with E-state index in [2.05, 4.69) is 0 Å². The van der Waals surface area contributed by atoms with Crippen LogP contribution in [0.2, 0.25) is 0 Å². The number of phenolic OH excluding ortho intramolecular Hbond substituents is 1. The van der Waals surface area contributed by atoms with Gasteiger partial charge in [-0.15, -0.1) is 0 Å². The maximum absolute atomic E-state index is 12.6. The minimum Gasteiger partial charge on any atom is -0.507 e. The predicted octanol–water partition coefficient (Wildman–Crippen LogP) is 4.91. The summed E-state index contributed by atoms with van der Waals surface area (Å²) in [5.41, 5.74) is 4.19. The molecule has 0 saturated heterocycles. The molecule has 0 saturated carbocycles. The zero-order valence-electron chi connectivity index (χ0n) is 15.9. The molecule has 28 heavy (non-hydrogen) atoms. The van der Waals surface area contributed by atoms with Crippen molar-refractivity contribution in [1.82, 2.24) is 0 Å². The third kappa shape index (κ3) is 4.20. The van der Waals surface area contributed by atoms with Crippen molar-refractivity contribution < 1.29 is 24.5 Å². The number of carbonyl (C=O) groups is 2. The second-order valence-electron chi connectivity index (χ2n) is 6.68. The van der Waals surface area contributed by atoms with Crippen molar-refractivity contribution in [2.75, 3.05) is 0 Å². The summed E-state index contributed by atoms with van der Waals surface area (Å²) in [7, 11) is 0. The summed E-state index contributed by atoms with van der Waals surface area (Å²) in [6.45, 7) is 5.61. The average Bonchev–Trinajstić information content (AvgIpc) is 2.67. The Labute approximate surface area is 163 Å². The lowest BCUT2D eigenvalue weighted by Gasteiger charge is -2.12. The first-order valence-electron chi connectivity index (χ1n) is 8.75. The lowest BCUT2D eigenvalue weighted by molar-refractivity contribution is -0.187. The molecule has 0 spiro atoms. The number of benzene rings is 3. The van der Waals surface area contributed by atoms with Crippen LogP contribution in [0.15, 0.2) is 60.7 Å². The van der Waals surface area contributed by atoms with Crippen LogP contribution < -0.4 is 0 Å². The third-order valence-electron chi connectivity index (χ3n) is 4.28. The Balaban J connectivity index is 1.86. The summed E-state index contributed by atoms with van der Waals surface area (Å²) in [4.78, 5) is 34.2. The molecule has 5 nitrogen and oxygen atoms in total. The van der Waals surface area contributed by atoms with Crippen LogP contribution >= 0.6 is 0 Å². The molecule has 5 heteroatoms. The number of hydrogen-bond donors (Lipinski definition) is 1. The highest BCUT2D eigenvalue weighted by Crippen LogP contribution is 2.33. The van der Waals surface area contributed by atoms with Crippen LogP contribution in [0.1, 0.15) is 37.4 Å². The number of aromatic hydroxyl groups is 1. The molecule has 0 aliphatic carbocycles. The van der Waals surface area contributed by atoms with E-state index in [-0.39, 0.29) is 16.9 Å². The van der Waals surface area contributed by atoms with Crippen molar-refractivity contribution >= 4 is 11.9 Å². The van der Waals surface area contributed by atoms with E-state index < -0.39 is 11.9 Å². The first-order valence-corrected chi connectivity index (χ1v) is 8.75. The molecule has 3 aromatic carbocycles. The van der Waals surface area contributed by atoms with Crippen LogP contribution in [0, 0.1) is 20.8 Å². The van der Waals surface area contributed by atoms with E-state index in [9.17, 15) is 14.7 Å². The number of hydrogen-bond acceptors (Lipinski definition) is 5. The van der Waals surface area contributed by atoms with Gasteiger partial charge in [0.25, 0.3) is 0 Å². The highest BCUT2D eigenvalue weighted by molar-refractivity contribution is 5.99. The molecule has 0 radical (unpaired) electrons. The number of phenols is 1. The zero-order valence-corrected chi connectivity index (χ0v) is 15.9. The highest BCUT2D eigenvalue weighted by Gasteiger charge is 2.20. The normalized spacial score (nSPS) is 10.4. The van der Waals surface area contributed by atoms with E-state index in [0.717, 1.165) is 16.7 Å². The number of rotatable bonds is 3. The minimum atomic E-state index is -0.822. The van der Waals surface area contributed by atoms with Gasteiger partial charge in [0.15, 0.2) is 0 Å². The largest absolute Gasteiger partial charge is 0.507 e. The average molecular weight is 376 g/mol. The second kappa shape index (κ2) is 7.96. The van der Waals surface area contributed by atoms with Gasteiger partial charge in [0.2, 0.25) is 0 Å². The van der Waals surface area contributed by atoms with Gasteiger partial charge in [-0.1, -0.05) is 47.0 Å². The SMILES string of the molecule is Cc1cccc(C(=O)OOC(=O)c2ccc(C)cc2-c2cc(C)ccc2O)c1. The van der Waals surface area contributed by atoms with Gasteiger partial charge in [0.05, 0.1) is 11.1 Å². The van der Waals surface area contributed by atoms with Gasteiger partial charge in [0.1, 0.15) is 5.75 Å². The zero-order chi connectivity index (χ0) is 20.3. The highest BCUT2D eigenvalue weighted by atomic mass is 17.2. The first-order chi connectivity index (χ1) is 13.3. The van der Waals surface area contributed by atoms with Crippen molar-refractivity contribution in [2.45, 2.75) is 20.8 Å². The fourth-order valence-corrected chi connectivity index (χ4v) is 2.87. The molecule has 0 aliphatic rings. The van der Waals surface area contributed by atoms with Crippen LogP contribution in [-0.4, -0.2) is 17.0 Å². The third-order valence-corrected chi connectivity index (χ3v) is 4.28. The minimum absolute atomic E-state index is 0.0435. The fourth-order valence-electron chi connectivity index (χ4n) is 2.87. The van der Waals surface area contributed by atoms with Crippen LogP contribution in [-0.2, 0) is 9.78 Å². The second-order valence-corrected chi connectivity index (χ2v) is 6.68. The quantitative estimate of drug-likeness (QED) is 0.519. The Morgan fingerprint density at radius 2 is 1.32 bits per heavy atom.